The Bertz CT molecular complexity index is 257. The van der Waals surface area contributed by atoms with Gasteiger partial charge < -0.3 is 0 Å². The maximum atomic E-state index is 4.14. The molecule has 0 N–H and O–H groups in total. The SMILES string of the molecule is [CH2]CC(CCCC)CCCCCCCCCCCCCCCCCCCCC. The van der Waals surface area contributed by atoms with E-state index in [0.717, 1.165) is 12.3 Å². The van der Waals surface area contributed by atoms with Crippen LogP contribution >= 0.6 is 0 Å². The van der Waals surface area contributed by atoms with E-state index in [1.54, 1.807) is 0 Å². The highest BCUT2D eigenvalue weighted by Gasteiger charge is 2.05. The minimum atomic E-state index is 0.908. The maximum Gasteiger partial charge on any atom is -0.0414 e. The van der Waals surface area contributed by atoms with Gasteiger partial charge in [0.15, 0.2) is 0 Å². The molecule has 0 aromatic heterocycles. The van der Waals surface area contributed by atoms with E-state index in [-0.39, 0.29) is 0 Å². The lowest BCUT2D eigenvalue weighted by molar-refractivity contribution is 0.412. The Morgan fingerprint density at radius 2 is 0.679 bits per heavy atom. The summed E-state index contributed by atoms with van der Waals surface area (Å²) in [6.07, 6.45) is 34.7. The molecule has 169 valence electrons. The Labute approximate surface area is 181 Å². The van der Waals surface area contributed by atoms with Crippen LogP contribution in [0.2, 0.25) is 0 Å². The first-order chi connectivity index (χ1) is 13.8. The molecule has 1 atom stereocenters. The summed E-state index contributed by atoms with van der Waals surface area (Å²) in [5.41, 5.74) is 0. The molecule has 28 heavy (non-hydrogen) atoms. The Morgan fingerprint density at radius 1 is 0.393 bits per heavy atom. The first-order valence-electron chi connectivity index (χ1n) is 13.6. The molecular weight excluding hydrogens is 336 g/mol. The second-order valence-electron chi connectivity index (χ2n) is 9.45. The molecule has 0 aromatic carbocycles. The van der Waals surface area contributed by atoms with Gasteiger partial charge in [-0.25, -0.2) is 0 Å². The van der Waals surface area contributed by atoms with E-state index in [9.17, 15) is 0 Å². The third-order valence-corrected chi connectivity index (χ3v) is 6.59. The van der Waals surface area contributed by atoms with Crippen LogP contribution in [0.4, 0.5) is 0 Å². The Balaban J connectivity index is 3.10. The van der Waals surface area contributed by atoms with Gasteiger partial charge in [-0.15, -0.1) is 0 Å². The van der Waals surface area contributed by atoms with E-state index in [4.69, 9.17) is 0 Å². The van der Waals surface area contributed by atoms with Crippen molar-refractivity contribution in [2.24, 2.45) is 5.92 Å². The van der Waals surface area contributed by atoms with Gasteiger partial charge in [-0.05, 0) is 5.92 Å². The number of unbranched alkanes of at least 4 members (excludes halogenated alkanes) is 19. The first-order valence-corrected chi connectivity index (χ1v) is 13.6. The van der Waals surface area contributed by atoms with Crippen molar-refractivity contribution in [3.63, 3.8) is 0 Å². The topological polar surface area (TPSA) is 0 Å². The lowest BCUT2D eigenvalue weighted by atomic mass is 9.93. The van der Waals surface area contributed by atoms with Crippen LogP contribution < -0.4 is 0 Å². The zero-order valence-electron chi connectivity index (χ0n) is 20.3. The molecule has 0 fully saturated rings. The van der Waals surface area contributed by atoms with Gasteiger partial charge in [-0.1, -0.05) is 175 Å². The summed E-state index contributed by atoms with van der Waals surface area (Å²) in [5.74, 6) is 0.908. The Morgan fingerprint density at radius 3 is 1.00 bits per heavy atom. The summed E-state index contributed by atoms with van der Waals surface area (Å²) in [6.45, 7) is 8.75. The van der Waals surface area contributed by atoms with Crippen LogP contribution in [-0.4, -0.2) is 0 Å². The van der Waals surface area contributed by atoms with Gasteiger partial charge in [0.1, 0.15) is 0 Å². The van der Waals surface area contributed by atoms with Crippen molar-refractivity contribution in [1.82, 2.24) is 0 Å². The van der Waals surface area contributed by atoms with Gasteiger partial charge in [0.2, 0.25) is 0 Å². The molecule has 0 aliphatic heterocycles. The first kappa shape index (κ1) is 28.0. The second-order valence-corrected chi connectivity index (χ2v) is 9.45. The van der Waals surface area contributed by atoms with Crippen molar-refractivity contribution in [2.45, 2.75) is 168 Å². The minimum Gasteiger partial charge on any atom is -0.0654 e. The van der Waals surface area contributed by atoms with Gasteiger partial charge in [-0.3, -0.25) is 0 Å². The third kappa shape index (κ3) is 22.3. The van der Waals surface area contributed by atoms with Gasteiger partial charge in [0.05, 0.1) is 0 Å². The Hall–Kier alpha value is 0. The lowest BCUT2D eigenvalue weighted by Crippen LogP contribution is -1.98. The van der Waals surface area contributed by atoms with Crippen molar-refractivity contribution < 1.29 is 0 Å². The van der Waals surface area contributed by atoms with Crippen molar-refractivity contribution in [1.29, 1.82) is 0 Å². The zero-order valence-corrected chi connectivity index (χ0v) is 20.3. The zero-order chi connectivity index (χ0) is 20.5. The second kappa shape index (κ2) is 25.0. The largest absolute Gasteiger partial charge is 0.0654 e. The minimum absolute atomic E-state index is 0.908. The standard InChI is InChI=1S/C28H57/c1-4-7-9-10-11-12-13-14-15-16-17-18-19-20-21-22-23-24-25-27-28(6-3)26-8-5-2/h28H,3-27H2,1-2H3. The fourth-order valence-corrected chi connectivity index (χ4v) is 4.44. The van der Waals surface area contributed by atoms with E-state index in [1.807, 2.05) is 0 Å². The summed E-state index contributed by atoms with van der Waals surface area (Å²) in [4.78, 5) is 0. The summed E-state index contributed by atoms with van der Waals surface area (Å²) in [7, 11) is 0. The molecule has 0 rings (SSSR count). The molecule has 0 saturated carbocycles. The fourth-order valence-electron chi connectivity index (χ4n) is 4.44. The van der Waals surface area contributed by atoms with E-state index >= 15 is 0 Å². The van der Waals surface area contributed by atoms with Crippen LogP contribution in [0.3, 0.4) is 0 Å². The summed E-state index contributed by atoms with van der Waals surface area (Å²) >= 11 is 0. The van der Waals surface area contributed by atoms with Crippen molar-refractivity contribution in [3.05, 3.63) is 6.92 Å². The molecule has 0 bridgehead atoms. The molecule has 0 aromatic rings. The van der Waals surface area contributed by atoms with Crippen molar-refractivity contribution in [2.75, 3.05) is 0 Å². The molecule has 0 spiro atoms. The van der Waals surface area contributed by atoms with E-state index < -0.39 is 0 Å². The van der Waals surface area contributed by atoms with Crippen LogP contribution in [0, 0.1) is 12.8 Å². The molecule has 0 aliphatic rings. The smallest absolute Gasteiger partial charge is 0.0414 e. The normalized spacial score (nSPS) is 12.5. The predicted octanol–water partition coefficient (Wildman–Crippen LogP) is 10.8. The molecule has 0 aliphatic carbocycles. The lowest BCUT2D eigenvalue weighted by Gasteiger charge is -2.13. The van der Waals surface area contributed by atoms with E-state index in [0.29, 0.717) is 0 Å². The van der Waals surface area contributed by atoms with E-state index in [2.05, 4.69) is 20.8 Å². The summed E-state index contributed by atoms with van der Waals surface area (Å²) in [6, 6.07) is 0. The average Bonchev–Trinajstić information content (AvgIpc) is 2.72. The quantitative estimate of drug-likeness (QED) is 0.143. The maximum absolute atomic E-state index is 4.14. The molecule has 0 heterocycles. The average molecular weight is 394 g/mol. The van der Waals surface area contributed by atoms with Gasteiger partial charge in [-0.2, -0.15) is 0 Å². The van der Waals surface area contributed by atoms with Crippen LogP contribution in [0.25, 0.3) is 0 Å². The number of hydrogen-bond acceptors (Lipinski definition) is 0. The molecule has 0 amide bonds. The fraction of sp³-hybridized carbons (Fsp3) is 0.964. The van der Waals surface area contributed by atoms with E-state index in [1.165, 1.54) is 148 Å². The van der Waals surface area contributed by atoms with Crippen molar-refractivity contribution >= 4 is 0 Å². The highest BCUT2D eigenvalue weighted by atomic mass is 14.1. The molecular formula is C28H57. The van der Waals surface area contributed by atoms with Crippen LogP contribution in [-0.2, 0) is 0 Å². The van der Waals surface area contributed by atoms with Crippen LogP contribution in [0.5, 0.6) is 0 Å². The highest BCUT2D eigenvalue weighted by molar-refractivity contribution is 4.61. The summed E-state index contributed by atoms with van der Waals surface area (Å²) < 4.78 is 0. The van der Waals surface area contributed by atoms with Crippen molar-refractivity contribution in [3.8, 4) is 0 Å². The van der Waals surface area contributed by atoms with Crippen LogP contribution in [0.15, 0.2) is 0 Å². The van der Waals surface area contributed by atoms with Gasteiger partial charge in [0, 0.05) is 0 Å². The highest BCUT2D eigenvalue weighted by Crippen LogP contribution is 2.20. The number of hydrogen-bond donors (Lipinski definition) is 0. The monoisotopic (exact) mass is 393 g/mol. The molecule has 0 saturated heterocycles. The molecule has 1 unspecified atom stereocenters. The Kier molecular flexibility index (Phi) is 25.0. The number of rotatable bonds is 24. The third-order valence-electron chi connectivity index (χ3n) is 6.59. The van der Waals surface area contributed by atoms with Crippen LogP contribution in [0.1, 0.15) is 168 Å². The molecule has 0 nitrogen and oxygen atoms in total. The molecule has 1 radical (unpaired) electrons. The molecule has 0 heteroatoms. The predicted molar refractivity (Wildman–Crippen MR) is 131 cm³/mol. The van der Waals surface area contributed by atoms with Gasteiger partial charge in [0.25, 0.3) is 0 Å². The van der Waals surface area contributed by atoms with Gasteiger partial charge >= 0.3 is 0 Å². The summed E-state index contributed by atoms with van der Waals surface area (Å²) in [5, 5.41) is 0.